The summed E-state index contributed by atoms with van der Waals surface area (Å²) in [6.07, 6.45) is -4.68. The molecule has 1 aromatic carbocycles. The molecule has 0 aliphatic carbocycles. The fourth-order valence-electron chi connectivity index (χ4n) is 2.44. The summed E-state index contributed by atoms with van der Waals surface area (Å²) in [5.74, 6) is -1.87. The largest absolute Gasteiger partial charge is 0.507 e. The minimum Gasteiger partial charge on any atom is -0.507 e. The van der Waals surface area contributed by atoms with Crippen molar-refractivity contribution < 1.29 is 27.8 Å². The summed E-state index contributed by atoms with van der Waals surface area (Å²) < 4.78 is 44.5. The highest BCUT2D eigenvalue weighted by atomic mass is 19.4. The number of phenolic OH excluding ortho intramolecular Hbond substituents is 1. The summed E-state index contributed by atoms with van der Waals surface area (Å²) in [7, 11) is 0. The number of esters is 1. The van der Waals surface area contributed by atoms with Crippen molar-refractivity contribution in [3.63, 3.8) is 0 Å². The van der Waals surface area contributed by atoms with Crippen molar-refractivity contribution in [3.05, 3.63) is 33.7 Å². The van der Waals surface area contributed by atoms with Crippen LogP contribution in [0.25, 0.3) is 10.8 Å². The van der Waals surface area contributed by atoms with Gasteiger partial charge in [-0.1, -0.05) is 13.8 Å². The van der Waals surface area contributed by atoms with E-state index < -0.39 is 35.6 Å². The SMILES string of the molecule is CCOC(=O)Cn1nc(C(C)C)c2cc(C(F)(F)F)cc(O)c2c1=O. The van der Waals surface area contributed by atoms with Gasteiger partial charge in [0.25, 0.3) is 5.56 Å². The van der Waals surface area contributed by atoms with Crippen molar-refractivity contribution in [3.8, 4) is 5.75 Å². The first-order valence-electron chi connectivity index (χ1n) is 7.56. The maximum atomic E-state index is 13.0. The Hall–Kier alpha value is -2.58. The third-order valence-corrected chi connectivity index (χ3v) is 3.53. The fourth-order valence-corrected chi connectivity index (χ4v) is 2.44. The minimum absolute atomic E-state index is 0.0903. The number of rotatable bonds is 4. The summed E-state index contributed by atoms with van der Waals surface area (Å²) in [5, 5.41) is 13.6. The van der Waals surface area contributed by atoms with Gasteiger partial charge in [-0.25, -0.2) is 4.68 Å². The van der Waals surface area contributed by atoms with Crippen molar-refractivity contribution in [1.29, 1.82) is 0 Å². The molecule has 0 saturated heterocycles. The van der Waals surface area contributed by atoms with Gasteiger partial charge in [-0.2, -0.15) is 18.3 Å². The van der Waals surface area contributed by atoms with Crippen molar-refractivity contribution in [2.45, 2.75) is 39.4 Å². The second-order valence-electron chi connectivity index (χ2n) is 5.72. The number of hydrogen-bond donors (Lipinski definition) is 1. The molecule has 0 atom stereocenters. The summed E-state index contributed by atoms with van der Waals surface area (Å²) in [5.41, 5.74) is -1.78. The van der Waals surface area contributed by atoms with Crippen LogP contribution < -0.4 is 5.56 Å². The highest BCUT2D eigenvalue weighted by Crippen LogP contribution is 2.36. The molecule has 0 spiro atoms. The maximum Gasteiger partial charge on any atom is 0.416 e. The molecule has 0 radical (unpaired) electrons. The van der Waals surface area contributed by atoms with E-state index >= 15 is 0 Å². The highest BCUT2D eigenvalue weighted by molar-refractivity contribution is 5.90. The van der Waals surface area contributed by atoms with Crippen molar-refractivity contribution >= 4 is 16.7 Å². The Kier molecular flexibility index (Phi) is 5.05. The number of aromatic nitrogens is 2. The van der Waals surface area contributed by atoms with Crippen LogP contribution in [0.1, 0.15) is 37.9 Å². The first-order valence-corrected chi connectivity index (χ1v) is 7.56. The lowest BCUT2D eigenvalue weighted by molar-refractivity contribution is -0.144. The molecule has 2 rings (SSSR count). The maximum absolute atomic E-state index is 13.0. The number of alkyl halides is 3. The first-order chi connectivity index (χ1) is 11.6. The monoisotopic (exact) mass is 358 g/mol. The van der Waals surface area contributed by atoms with Gasteiger partial charge in [0.15, 0.2) is 0 Å². The summed E-state index contributed by atoms with van der Waals surface area (Å²) >= 11 is 0. The lowest BCUT2D eigenvalue weighted by atomic mass is 10.00. The van der Waals surface area contributed by atoms with E-state index in [1.54, 1.807) is 20.8 Å². The normalized spacial score (nSPS) is 12.0. The van der Waals surface area contributed by atoms with Crippen LogP contribution in [-0.2, 0) is 22.3 Å². The third-order valence-electron chi connectivity index (χ3n) is 3.53. The van der Waals surface area contributed by atoms with E-state index in [4.69, 9.17) is 4.74 Å². The van der Waals surface area contributed by atoms with Gasteiger partial charge in [-0.15, -0.1) is 0 Å². The number of nitrogens with zero attached hydrogens (tertiary/aromatic N) is 2. The van der Waals surface area contributed by atoms with Gasteiger partial charge in [-0.3, -0.25) is 9.59 Å². The molecule has 25 heavy (non-hydrogen) atoms. The number of fused-ring (bicyclic) bond motifs is 1. The van der Waals surface area contributed by atoms with Crippen LogP contribution in [0.4, 0.5) is 13.2 Å². The third kappa shape index (κ3) is 3.75. The lowest BCUT2D eigenvalue weighted by Gasteiger charge is -2.15. The molecule has 0 fully saturated rings. The predicted molar refractivity (Wildman–Crippen MR) is 83.4 cm³/mol. The van der Waals surface area contributed by atoms with Crippen molar-refractivity contribution in [2.75, 3.05) is 6.61 Å². The molecule has 6 nitrogen and oxygen atoms in total. The lowest BCUT2D eigenvalue weighted by Crippen LogP contribution is -2.29. The van der Waals surface area contributed by atoms with Crippen molar-refractivity contribution in [1.82, 2.24) is 9.78 Å². The van der Waals surface area contributed by atoms with Crippen LogP contribution in [0.15, 0.2) is 16.9 Å². The standard InChI is InChI=1S/C16H17F3N2O4/c1-4-25-12(23)7-21-15(24)13-10(14(20-21)8(2)3)5-9(6-11(13)22)16(17,18)19/h5-6,8,22H,4,7H2,1-3H3. The van der Waals surface area contributed by atoms with E-state index in [2.05, 4.69) is 5.10 Å². The molecular weight excluding hydrogens is 341 g/mol. The molecule has 136 valence electrons. The van der Waals surface area contributed by atoms with Crippen LogP contribution in [0.5, 0.6) is 5.75 Å². The Morgan fingerprint density at radius 1 is 1.36 bits per heavy atom. The van der Waals surface area contributed by atoms with Crippen LogP contribution in [0, 0.1) is 0 Å². The van der Waals surface area contributed by atoms with Gasteiger partial charge in [0.05, 0.1) is 23.3 Å². The molecule has 9 heteroatoms. The van der Waals surface area contributed by atoms with Crippen LogP contribution >= 0.6 is 0 Å². The number of carbonyl (C=O) groups is 1. The van der Waals surface area contributed by atoms with E-state index in [9.17, 15) is 27.9 Å². The number of ether oxygens (including phenoxy) is 1. The molecule has 0 aliphatic heterocycles. The molecule has 2 aromatic rings. The molecular formula is C16H17F3N2O4. The number of phenols is 1. The number of carbonyl (C=O) groups excluding carboxylic acids is 1. The van der Waals surface area contributed by atoms with Gasteiger partial charge in [0.2, 0.25) is 0 Å². The summed E-state index contributed by atoms with van der Waals surface area (Å²) in [6.45, 7) is 4.57. The zero-order valence-electron chi connectivity index (χ0n) is 13.8. The van der Waals surface area contributed by atoms with Crippen LogP contribution in [0.3, 0.4) is 0 Å². The smallest absolute Gasteiger partial charge is 0.416 e. The van der Waals surface area contributed by atoms with Crippen LogP contribution in [0.2, 0.25) is 0 Å². The molecule has 0 saturated carbocycles. The fraction of sp³-hybridized carbons (Fsp3) is 0.438. The predicted octanol–water partition coefficient (Wildman–Crippen LogP) is 2.81. The van der Waals surface area contributed by atoms with Crippen molar-refractivity contribution in [2.24, 2.45) is 0 Å². The summed E-state index contributed by atoms with van der Waals surface area (Å²) in [6, 6.07) is 1.27. The molecule has 0 aliphatic rings. The Morgan fingerprint density at radius 3 is 2.52 bits per heavy atom. The van der Waals surface area contributed by atoms with E-state index in [-0.39, 0.29) is 29.0 Å². The number of halogens is 3. The van der Waals surface area contributed by atoms with E-state index in [0.29, 0.717) is 6.07 Å². The minimum atomic E-state index is -4.68. The second-order valence-corrected chi connectivity index (χ2v) is 5.72. The zero-order chi connectivity index (χ0) is 18.9. The van der Waals surface area contributed by atoms with E-state index in [0.717, 1.165) is 10.7 Å². The van der Waals surface area contributed by atoms with Gasteiger partial charge >= 0.3 is 12.1 Å². The molecule has 1 heterocycles. The van der Waals surface area contributed by atoms with E-state index in [1.807, 2.05) is 0 Å². The first kappa shape index (κ1) is 18.8. The molecule has 0 bridgehead atoms. The molecule has 1 N–H and O–H groups in total. The Labute approximate surface area is 140 Å². The van der Waals surface area contributed by atoms with Gasteiger partial charge in [0.1, 0.15) is 12.3 Å². The van der Waals surface area contributed by atoms with Gasteiger partial charge in [0, 0.05) is 5.39 Å². The Bertz CT molecular complexity index is 872. The average molecular weight is 358 g/mol. The summed E-state index contributed by atoms with van der Waals surface area (Å²) in [4.78, 5) is 24.1. The number of hydrogen-bond acceptors (Lipinski definition) is 5. The van der Waals surface area contributed by atoms with Gasteiger partial charge < -0.3 is 9.84 Å². The van der Waals surface area contributed by atoms with Crippen LogP contribution in [-0.4, -0.2) is 27.5 Å². The topological polar surface area (TPSA) is 81.4 Å². The highest BCUT2D eigenvalue weighted by Gasteiger charge is 2.32. The second kappa shape index (κ2) is 6.73. The molecule has 1 aromatic heterocycles. The van der Waals surface area contributed by atoms with E-state index in [1.165, 1.54) is 0 Å². The zero-order valence-corrected chi connectivity index (χ0v) is 13.8. The number of benzene rings is 1. The Balaban J connectivity index is 2.78. The quantitative estimate of drug-likeness (QED) is 0.850. The Morgan fingerprint density at radius 2 is 2.00 bits per heavy atom. The average Bonchev–Trinajstić information content (AvgIpc) is 2.48. The number of aromatic hydroxyl groups is 1. The molecule has 0 unspecified atom stereocenters. The van der Waals surface area contributed by atoms with Gasteiger partial charge in [-0.05, 0) is 25.0 Å². The molecule has 0 amide bonds.